The molecule has 9 aromatic carbocycles. The molecule has 0 aliphatic carbocycles. The van der Waals surface area contributed by atoms with Crippen LogP contribution in [0.4, 0.5) is 0 Å². The second kappa shape index (κ2) is 11.4. The fourth-order valence-electron chi connectivity index (χ4n) is 9.39. The normalized spacial score (nSPS) is 12.2. The minimum atomic E-state index is 0.614. The molecule has 0 bridgehead atoms. The summed E-state index contributed by atoms with van der Waals surface area (Å²) in [4.78, 5) is 11.1. The molecule has 4 aromatic heterocycles. The molecule has 5 nitrogen and oxygen atoms in total. The molecule has 0 N–H and O–H groups in total. The van der Waals surface area contributed by atoms with E-state index in [1.165, 1.54) is 10.8 Å². The molecule has 57 heavy (non-hydrogen) atoms. The van der Waals surface area contributed by atoms with Crippen molar-refractivity contribution in [3.8, 4) is 22.9 Å². The van der Waals surface area contributed by atoms with Gasteiger partial charge in [0.1, 0.15) is 11.2 Å². The molecule has 13 rings (SSSR count). The predicted octanol–water partition coefficient (Wildman–Crippen LogP) is 13.7. The largest absolute Gasteiger partial charge is 0.455 e. The van der Waals surface area contributed by atoms with Gasteiger partial charge >= 0.3 is 0 Å². The third kappa shape index (κ3) is 4.23. The van der Waals surface area contributed by atoms with Gasteiger partial charge in [0, 0.05) is 49.0 Å². The summed E-state index contributed by atoms with van der Waals surface area (Å²) < 4.78 is 11.5. The standard InChI is InChI=1S/C52H30N4O/c1-2-14-33(15-3-1)48-41-25-23-32-13-6-7-17-36(32)49(41)54-52(53-48)56-44-28-26-38-37-18-9-11-21-45(37)57-51(38)47(44)40-27-29-43-46(50(40)56)39-19-8-10-20-42(39)55(43)35-24-22-31-12-4-5-16-34(31)30-35/h1-30H. The van der Waals surface area contributed by atoms with Crippen LogP contribution >= 0.6 is 0 Å². The Morgan fingerprint density at radius 1 is 0.404 bits per heavy atom. The van der Waals surface area contributed by atoms with Crippen molar-refractivity contribution in [2.45, 2.75) is 0 Å². The van der Waals surface area contributed by atoms with Crippen molar-refractivity contribution in [2.24, 2.45) is 0 Å². The van der Waals surface area contributed by atoms with Crippen LogP contribution in [-0.2, 0) is 0 Å². The molecule has 4 heterocycles. The van der Waals surface area contributed by atoms with Gasteiger partial charge in [-0.2, -0.15) is 0 Å². The van der Waals surface area contributed by atoms with Crippen molar-refractivity contribution in [3.05, 3.63) is 182 Å². The highest BCUT2D eigenvalue weighted by Gasteiger charge is 2.26. The van der Waals surface area contributed by atoms with E-state index in [1.807, 2.05) is 6.07 Å². The predicted molar refractivity (Wildman–Crippen MR) is 236 cm³/mol. The van der Waals surface area contributed by atoms with E-state index < -0.39 is 0 Å². The van der Waals surface area contributed by atoms with Gasteiger partial charge in [-0.3, -0.25) is 4.57 Å². The number of fused-ring (bicyclic) bond motifs is 15. The van der Waals surface area contributed by atoms with Gasteiger partial charge in [-0.25, -0.2) is 9.97 Å². The fraction of sp³-hybridized carbons (Fsp3) is 0. The van der Waals surface area contributed by atoms with Crippen molar-refractivity contribution >= 4 is 98.0 Å². The molecular weight excluding hydrogens is 697 g/mol. The van der Waals surface area contributed by atoms with E-state index in [2.05, 4.69) is 185 Å². The second-order valence-corrected chi connectivity index (χ2v) is 14.9. The molecule has 264 valence electrons. The highest BCUT2D eigenvalue weighted by atomic mass is 16.3. The van der Waals surface area contributed by atoms with E-state index in [-0.39, 0.29) is 0 Å². The summed E-state index contributed by atoms with van der Waals surface area (Å²) in [5.74, 6) is 0.614. The summed E-state index contributed by atoms with van der Waals surface area (Å²) in [7, 11) is 0. The molecule has 5 heteroatoms. The van der Waals surface area contributed by atoms with Crippen LogP contribution in [0.1, 0.15) is 0 Å². The first kappa shape index (κ1) is 30.6. The zero-order valence-electron chi connectivity index (χ0n) is 30.5. The number of nitrogens with zero attached hydrogens (tertiary/aromatic N) is 4. The molecule has 0 atom stereocenters. The number of para-hydroxylation sites is 2. The van der Waals surface area contributed by atoms with Crippen LogP contribution in [0.5, 0.6) is 0 Å². The number of hydrogen-bond acceptors (Lipinski definition) is 3. The van der Waals surface area contributed by atoms with E-state index in [0.717, 1.165) is 104 Å². The van der Waals surface area contributed by atoms with Crippen LogP contribution in [0.2, 0.25) is 0 Å². The maximum Gasteiger partial charge on any atom is 0.235 e. The van der Waals surface area contributed by atoms with Crippen molar-refractivity contribution in [1.29, 1.82) is 0 Å². The van der Waals surface area contributed by atoms with E-state index in [1.54, 1.807) is 0 Å². The van der Waals surface area contributed by atoms with E-state index in [4.69, 9.17) is 14.4 Å². The Bertz CT molecular complexity index is 3810. The lowest BCUT2D eigenvalue weighted by Crippen LogP contribution is -2.04. The summed E-state index contributed by atoms with van der Waals surface area (Å²) in [5.41, 5.74) is 9.99. The van der Waals surface area contributed by atoms with E-state index in [0.29, 0.717) is 5.95 Å². The summed E-state index contributed by atoms with van der Waals surface area (Å²) in [6.45, 7) is 0. The monoisotopic (exact) mass is 726 g/mol. The Balaban J connectivity index is 1.25. The topological polar surface area (TPSA) is 48.8 Å². The Hall–Kier alpha value is -7.76. The first-order valence-electron chi connectivity index (χ1n) is 19.3. The van der Waals surface area contributed by atoms with Gasteiger partial charge in [-0.05, 0) is 70.8 Å². The molecular formula is C52H30N4O. The molecule has 0 aliphatic heterocycles. The van der Waals surface area contributed by atoms with Crippen LogP contribution in [-0.4, -0.2) is 19.1 Å². The molecule has 13 aromatic rings. The smallest absolute Gasteiger partial charge is 0.235 e. The zero-order chi connectivity index (χ0) is 37.2. The highest BCUT2D eigenvalue weighted by Crippen LogP contribution is 2.46. The molecule has 0 saturated heterocycles. The van der Waals surface area contributed by atoms with Crippen molar-refractivity contribution in [1.82, 2.24) is 19.1 Å². The fourth-order valence-corrected chi connectivity index (χ4v) is 9.39. The van der Waals surface area contributed by atoms with Crippen LogP contribution in [0, 0.1) is 0 Å². The SMILES string of the molecule is c1ccc(-c2nc(-n3c4ccc5c6ccccc6oc5c4c4ccc5c(c6ccccc6n5-c5ccc6ccccc6c5)c43)nc3c2ccc2ccccc23)cc1. The van der Waals surface area contributed by atoms with Crippen LogP contribution in [0.15, 0.2) is 186 Å². The minimum Gasteiger partial charge on any atom is -0.455 e. The van der Waals surface area contributed by atoms with E-state index in [9.17, 15) is 0 Å². The van der Waals surface area contributed by atoms with Gasteiger partial charge in [-0.1, -0.05) is 127 Å². The Morgan fingerprint density at radius 3 is 1.95 bits per heavy atom. The minimum absolute atomic E-state index is 0.614. The molecule has 0 radical (unpaired) electrons. The number of hydrogen-bond donors (Lipinski definition) is 0. The maximum atomic E-state index is 6.80. The number of furan rings is 1. The maximum absolute atomic E-state index is 6.80. The van der Waals surface area contributed by atoms with Gasteiger partial charge in [0.2, 0.25) is 5.95 Å². The number of benzene rings is 9. The summed E-state index contributed by atoms with van der Waals surface area (Å²) in [6.07, 6.45) is 0. The Morgan fingerprint density at radius 2 is 1.07 bits per heavy atom. The van der Waals surface area contributed by atoms with Crippen LogP contribution < -0.4 is 0 Å². The Labute approximate surface area is 325 Å². The zero-order valence-corrected chi connectivity index (χ0v) is 30.5. The summed E-state index contributed by atoms with van der Waals surface area (Å²) >= 11 is 0. The second-order valence-electron chi connectivity index (χ2n) is 14.9. The summed E-state index contributed by atoms with van der Waals surface area (Å²) in [5, 5.41) is 12.3. The van der Waals surface area contributed by atoms with Gasteiger partial charge in [-0.15, -0.1) is 0 Å². The van der Waals surface area contributed by atoms with Crippen LogP contribution in [0.3, 0.4) is 0 Å². The lowest BCUT2D eigenvalue weighted by atomic mass is 10.0. The number of aromatic nitrogens is 4. The van der Waals surface area contributed by atoms with Crippen molar-refractivity contribution in [2.75, 3.05) is 0 Å². The molecule has 0 fully saturated rings. The lowest BCUT2D eigenvalue weighted by molar-refractivity contribution is 0.673. The molecule has 0 unspecified atom stereocenters. The van der Waals surface area contributed by atoms with Gasteiger partial charge < -0.3 is 8.98 Å². The Kier molecular flexibility index (Phi) is 6.10. The van der Waals surface area contributed by atoms with E-state index >= 15 is 0 Å². The van der Waals surface area contributed by atoms with Crippen molar-refractivity contribution in [3.63, 3.8) is 0 Å². The number of rotatable bonds is 3. The quantitative estimate of drug-likeness (QED) is 0.170. The third-order valence-corrected chi connectivity index (χ3v) is 11.9. The molecule has 0 amide bonds. The van der Waals surface area contributed by atoms with Gasteiger partial charge in [0.25, 0.3) is 0 Å². The summed E-state index contributed by atoms with van der Waals surface area (Å²) in [6, 6.07) is 64.7. The van der Waals surface area contributed by atoms with Gasteiger partial charge in [0.15, 0.2) is 0 Å². The average Bonchev–Trinajstić information content (AvgIpc) is 3.94. The van der Waals surface area contributed by atoms with Crippen LogP contribution in [0.25, 0.3) is 121 Å². The van der Waals surface area contributed by atoms with Crippen molar-refractivity contribution < 1.29 is 4.42 Å². The first-order valence-corrected chi connectivity index (χ1v) is 19.3. The molecule has 0 spiro atoms. The lowest BCUT2D eigenvalue weighted by Gasteiger charge is -2.14. The molecule has 0 aliphatic rings. The third-order valence-electron chi connectivity index (χ3n) is 11.9. The highest BCUT2D eigenvalue weighted by molar-refractivity contribution is 6.31. The average molecular weight is 727 g/mol. The van der Waals surface area contributed by atoms with Gasteiger partial charge in [0.05, 0.1) is 38.7 Å². The first-order chi connectivity index (χ1) is 28.3. The molecule has 0 saturated carbocycles.